The number of amides is 1. The van der Waals surface area contributed by atoms with Crippen molar-refractivity contribution in [3.8, 4) is 11.1 Å². The summed E-state index contributed by atoms with van der Waals surface area (Å²) in [5.74, 6) is -1.25. The first-order valence-electron chi connectivity index (χ1n) is 14.0. The van der Waals surface area contributed by atoms with Crippen molar-refractivity contribution in [1.29, 1.82) is 0 Å². The number of benzene rings is 2. The fraction of sp³-hybridized carbons (Fsp3) is 0.206. The van der Waals surface area contributed by atoms with E-state index < -0.39 is 11.7 Å². The first kappa shape index (κ1) is 27.8. The molecule has 0 aliphatic rings. The Morgan fingerprint density at radius 3 is 2.34 bits per heavy atom. The van der Waals surface area contributed by atoms with Gasteiger partial charge in [-0.2, -0.15) is 0 Å². The van der Waals surface area contributed by atoms with Crippen molar-refractivity contribution in [3.63, 3.8) is 0 Å². The Morgan fingerprint density at radius 1 is 0.854 bits per heavy atom. The first-order chi connectivity index (χ1) is 20.0. The van der Waals surface area contributed by atoms with Crippen molar-refractivity contribution < 1.29 is 9.59 Å². The fourth-order valence-electron chi connectivity index (χ4n) is 4.97. The van der Waals surface area contributed by atoms with Gasteiger partial charge in [0, 0.05) is 73.1 Å². The van der Waals surface area contributed by atoms with Gasteiger partial charge in [0.25, 0.3) is 11.7 Å². The number of hydrogen-bond acceptors (Lipinski definition) is 5. The van der Waals surface area contributed by atoms with Crippen LogP contribution in [-0.2, 0) is 11.2 Å². The summed E-state index contributed by atoms with van der Waals surface area (Å²) in [5.41, 5.74) is 5.58. The van der Waals surface area contributed by atoms with Gasteiger partial charge in [-0.1, -0.05) is 42.5 Å². The smallest absolute Gasteiger partial charge is 0.298 e. The minimum atomic E-state index is -0.666. The van der Waals surface area contributed by atoms with Gasteiger partial charge in [0.15, 0.2) is 0 Å². The number of hydrogen-bond donors (Lipinski definition) is 1. The minimum absolute atomic E-state index is 0.352. The van der Waals surface area contributed by atoms with Gasteiger partial charge in [0.05, 0.1) is 0 Å². The second kappa shape index (κ2) is 13.1. The Labute approximate surface area is 241 Å². The van der Waals surface area contributed by atoms with Crippen molar-refractivity contribution >= 4 is 28.6 Å². The molecule has 0 fully saturated rings. The molecule has 0 radical (unpaired) electrons. The van der Waals surface area contributed by atoms with Gasteiger partial charge in [-0.15, -0.1) is 0 Å². The van der Waals surface area contributed by atoms with E-state index in [4.69, 9.17) is 0 Å². The lowest BCUT2D eigenvalue weighted by Gasteiger charge is -2.26. The Hall–Kier alpha value is -4.75. The number of carbonyl (C=O) groups is 2. The van der Waals surface area contributed by atoms with E-state index in [0.717, 1.165) is 60.6 Å². The van der Waals surface area contributed by atoms with Crippen LogP contribution >= 0.6 is 0 Å². The van der Waals surface area contributed by atoms with Gasteiger partial charge >= 0.3 is 0 Å². The average molecular weight is 546 g/mol. The normalized spacial score (nSPS) is 11.1. The van der Waals surface area contributed by atoms with Crippen molar-refractivity contribution in [2.75, 3.05) is 43.4 Å². The molecule has 0 atom stereocenters. The van der Waals surface area contributed by atoms with Gasteiger partial charge in [-0.05, 0) is 74.1 Å². The average Bonchev–Trinajstić information content (AvgIpc) is 3.41. The number of nitrogens with one attached hydrogen (secondary N) is 1. The second-order valence-electron chi connectivity index (χ2n) is 10.1. The molecule has 0 aliphatic heterocycles. The number of pyridine rings is 2. The Bertz CT molecular complexity index is 1600. The summed E-state index contributed by atoms with van der Waals surface area (Å²) in [6.45, 7) is 5.73. The summed E-state index contributed by atoms with van der Waals surface area (Å²) in [6.07, 6.45) is 4.57. The highest BCUT2D eigenvalue weighted by molar-refractivity contribution is 6.47. The third kappa shape index (κ3) is 6.70. The van der Waals surface area contributed by atoms with Crippen LogP contribution in [0.15, 0.2) is 109 Å². The molecule has 2 aromatic carbocycles. The van der Waals surface area contributed by atoms with Crippen LogP contribution in [0.3, 0.4) is 0 Å². The van der Waals surface area contributed by atoms with Gasteiger partial charge < -0.3 is 19.5 Å². The van der Waals surface area contributed by atoms with E-state index in [1.54, 1.807) is 4.40 Å². The summed E-state index contributed by atoms with van der Waals surface area (Å²) in [6, 6.07) is 31.0. The number of rotatable bonds is 12. The second-order valence-corrected chi connectivity index (χ2v) is 10.1. The van der Waals surface area contributed by atoms with E-state index in [1.165, 1.54) is 0 Å². The van der Waals surface area contributed by atoms with E-state index in [0.29, 0.717) is 11.4 Å². The number of likely N-dealkylation sites (N-methyl/N-ethyl adjacent to an activating group) is 2. The number of nitrogens with zero attached hydrogens (tertiary/aromatic N) is 4. The quantitative estimate of drug-likeness (QED) is 0.158. The van der Waals surface area contributed by atoms with E-state index in [2.05, 4.69) is 40.1 Å². The van der Waals surface area contributed by atoms with E-state index in [9.17, 15) is 9.59 Å². The minimum Gasteiger partial charge on any atom is -0.371 e. The van der Waals surface area contributed by atoms with Crippen molar-refractivity contribution in [1.82, 2.24) is 14.3 Å². The molecule has 0 saturated carbocycles. The molecule has 3 aromatic heterocycles. The maximum atomic E-state index is 13.5. The number of anilines is 2. The van der Waals surface area contributed by atoms with Crippen LogP contribution in [0.25, 0.3) is 16.6 Å². The zero-order valence-corrected chi connectivity index (χ0v) is 23.5. The molecule has 0 unspecified atom stereocenters. The molecule has 1 N–H and O–H groups in total. The molecule has 7 nitrogen and oxygen atoms in total. The Morgan fingerprint density at radius 2 is 1.61 bits per heavy atom. The fourth-order valence-corrected chi connectivity index (χ4v) is 4.97. The molecule has 0 saturated heterocycles. The lowest BCUT2D eigenvalue weighted by molar-refractivity contribution is -0.112. The Balaban J connectivity index is 1.23. The van der Waals surface area contributed by atoms with E-state index >= 15 is 0 Å². The zero-order valence-electron chi connectivity index (χ0n) is 23.5. The van der Waals surface area contributed by atoms with Crippen LogP contribution in [0.1, 0.15) is 23.1 Å². The molecule has 0 spiro atoms. The molecule has 1 amide bonds. The maximum Gasteiger partial charge on any atom is 0.298 e. The monoisotopic (exact) mass is 545 g/mol. The predicted octanol–water partition coefficient (Wildman–Crippen LogP) is 5.82. The molecule has 5 aromatic rings. The zero-order chi connectivity index (χ0) is 28.6. The van der Waals surface area contributed by atoms with Gasteiger partial charge in [-0.3, -0.25) is 14.6 Å². The number of Topliss-reactive ketones (excluding diaryl/α,β-unsaturated/α-hetero) is 1. The predicted molar refractivity (Wildman–Crippen MR) is 166 cm³/mol. The lowest BCUT2D eigenvalue weighted by atomic mass is 10.0. The molecular weight excluding hydrogens is 510 g/mol. The molecule has 41 heavy (non-hydrogen) atoms. The standard InChI is InChI=1S/C34H35N5O2/c1-3-38(24-23-37(2)22-19-27-13-7-9-20-35-27)29-17-15-28(16-18-29)36-34(41)33(40)32-31(26-11-5-4-6-12-26)25-30-14-8-10-21-39(30)32/h4-18,20-21,25H,3,19,22-24H2,1-2H3,(H,36,41). The number of ketones is 1. The molecular formula is C34H35N5O2. The molecule has 3 heterocycles. The van der Waals surface area contributed by atoms with Crippen LogP contribution in [0.4, 0.5) is 11.4 Å². The molecule has 0 bridgehead atoms. The van der Waals surface area contributed by atoms with Crippen LogP contribution in [0.2, 0.25) is 0 Å². The molecule has 208 valence electrons. The van der Waals surface area contributed by atoms with Gasteiger partial charge in [0.2, 0.25) is 0 Å². The third-order valence-electron chi connectivity index (χ3n) is 7.29. The summed E-state index contributed by atoms with van der Waals surface area (Å²) in [4.78, 5) is 35.7. The van der Waals surface area contributed by atoms with Gasteiger partial charge in [-0.25, -0.2) is 0 Å². The number of aromatic nitrogens is 2. The van der Waals surface area contributed by atoms with Crippen LogP contribution < -0.4 is 10.2 Å². The van der Waals surface area contributed by atoms with Crippen LogP contribution in [-0.4, -0.2) is 59.2 Å². The van der Waals surface area contributed by atoms with Crippen LogP contribution in [0, 0.1) is 0 Å². The highest BCUT2D eigenvalue weighted by Crippen LogP contribution is 2.28. The largest absolute Gasteiger partial charge is 0.371 e. The number of carbonyl (C=O) groups excluding carboxylic acids is 2. The number of fused-ring (bicyclic) bond motifs is 1. The third-order valence-corrected chi connectivity index (χ3v) is 7.29. The summed E-state index contributed by atoms with van der Waals surface area (Å²) in [5, 5.41) is 2.81. The van der Waals surface area contributed by atoms with Crippen molar-refractivity contribution in [3.05, 3.63) is 121 Å². The summed E-state index contributed by atoms with van der Waals surface area (Å²) >= 11 is 0. The first-order valence-corrected chi connectivity index (χ1v) is 14.0. The Kier molecular flexibility index (Phi) is 8.86. The highest BCUT2D eigenvalue weighted by Gasteiger charge is 2.25. The molecule has 7 heteroatoms. The lowest BCUT2D eigenvalue weighted by Crippen LogP contribution is -2.34. The maximum absolute atomic E-state index is 13.5. The topological polar surface area (TPSA) is 69.9 Å². The van der Waals surface area contributed by atoms with Crippen molar-refractivity contribution in [2.24, 2.45) is 0 Å². The van der Waals surface area contributed by atoms with Gasteiger partial charge in [0.1, 0.15) is 5.69 Å². The highest BCUT2D eigenvalue weighted by atomic mass is 16.2. The molecule has 0 aliphatic carbocycles. The summed E-state index contributed by atoms with van der Waals surface area (Å²) in [7, 11) is 2.13. The van der Waals surface area contributed by atoms with E-state index in [1.807, 2.05) is 103 Å². The molecule has 5 rings (SSSR count). The van der Waals surface area contributed by atoms with E-state index in [-0.39, 0.29) is 0 Å². The SMILES string of the molecule is CCN(CCN(C)CCc1ccccn1)c1ccc(NC(=O)C(=O)c2c(-c3ccccc3)cc3ccccn23)cc1. The van der Waals surface area contributed by atoms with Crippen molar-refractivity contribution in [2.45, 2.75) is 13.3 Å². The van der Waals surface area contributed by atoms with Crippen LogP contribution in [0.5, 0.6) is 0 Å². The summed E-state index contributed by atoms with van der Waals surface area (Å²) < 4.78 is 1.78.